The molecule has 0 fully saturated rings. The lowest BCUT2D eigenvalue weighted by Gasteiger charge is -2.09. The molecule has 118 valence electrons. The van der Waals surface area contributed by atoms with Crippen LogP contribution in [0.2, 0.25) is 0 Å². The van der Waals surface area contributed by atoms with E-state index < -0.39 is 0 Å². The van der Waals surface area contributed by atoms with Crippen LogP contribution in [-0.2, 0) is 19.3 Å². The highest BCUT2D eigenvalue weighted by atomic mass is 15.3. The van der Waals surface area contributed by atoms with E-state index in [1.54, 1.807) is 16.9 Å². The van der Waals surface area contributed by atoms with Gasteiger partial charge in [0.25, 0.3) is 0 Å². The van der Waals surface area contributed by atoms with Crippen molar-refractivity contribution in [3.8, 4) is 0 Å². The van der Waals surface area contributed by atoms with Gasteiger partial charge >= 0.3 is 0 Å². The van der Waals surface area contributed by atoms with Gasteiger partial charge in [0.1, 0.15) is 6.33 Å². The highest BCUT2D eigenvalue weighted by Crippen LogP contribution is 2.18. The first-order valence-electron chi connectivity index (χ1n) is 7.86. The van der Waals surface area contributed by atoms with Crippen molar-refractivity contribution in [1.82, 2.24) is 19.6 Å². The van der Waals surface area contributed by atoms with Crippen molar-refractivity contribution in [2.24, 2.45) is 5.73 Å². The normalized spacial score (nSPS) is 12.0. The summed E-state index contributed by atoms with van der Waals surface area (Å²) < 4.78 is 1.78. The van der Waals surface area contributed by atoms with Crippen LogP contribution in [-0.4, -0.2) is 25.8 Å². The van der Waals surface area contributed by atoms with Gasteiger partial charge in [0.05, 0.1) is 0 Å². The summed E-state index contributed by atoms with van der Waals surface area (Å²) in [5.41, 5.74) is 9.71. The second-order valence-corrected chi connectivity index (χ2v) is 5.33. The number of fused-ring (bicyclic) bond motifs is 1. The summed E-state index contributed by atoms with van der Waals surface area (Å²) in [5, 5.41) is 11.5. The lowest BCUT2D eigenvalue weighted by atomic mass is 10.0. The van der Waals surface area contributed by atoms with E-state index in [1.165, 1.54) is 11.8 Å². The molecule has 0 aliphatic carbocycles. The molecule has 22 heavy (non-hydrogen) atoms. The number of aromatic nitrogens is 4. The number of nitrogens with two attached hydrogens (primary N) is 1. The summed E-state index contributed by atoms with van der Waals surface area (Å²) >= 11 is 0. The van der Waals surface area contributed by atoms with Crippen molar-refractivity contribution < 1.29 is 0 Å². The smallest absolute Gasteiger partial charge is 0.162 e. The number of aryl methyl sites for hydroxylation is 3. The van der Waals surface area contributed by atoms with Crippen LogP contribution in [0.15, 0.2) is 18.1 Å². The van der Waals surface area contributed by atoms with Gasteiger partial charge in [-0.2, -0.15) is 0 Å². The lowest BCUT2D eigenvalue weighted by Crippen LogP contribution is -2.07. The topological polar surface area (TPSA) is 93.0 Å². The Bertz CT molecular complexity index is 671. The van der Waals surface area contributed by atoms with Crippen molar-refractivity contribution in [3.63, 3.8) is 0 Å². The van der Waals surface area contributed by atoms with Crippen LogP contribution in [0.5, 0.6) is 0 Å². The molecular formula is C16H24N6. The Morgan fingerprint density at radius 3 is 2.86 bits per heavy atom. The molecule has 6 nitrogen and oxygen atoms in total. The summed E-state index contributed by atoms with van der Waals surface area (Å²) in [4.78, 5) is 9.20. The Kier molecular flexibility index (Phi) is 5.63. The number of nitrogens with zero attached hydrogens (tertiary/aromatic N) is 4. The third-order valence-corrected chi connectivity index (χ3v) is 3.66. The molecule has 0 aliphatic rings. The van der Waals surface area contributed by atoms with Gasteiger partial charge in [-0.1, -0.05) is 20.3 Å². The Balaban J connectivity index is 2.34. The van der Waals surface area contributed by atoms with E-state index in [1.807, 2.05) is 0 Å². The molecule has 2 aromatic heterocycles. The number of hydrogen-bond acceptors (Lipinski definition) is 5. The van der Waals surface area contributed by atoms with E-state index in [-0.39, 0.29) is 0 Å². The van der Waals surface area contributed by atoms with E-state index in [4.69, 9.17) is 11.1 Å². The standard InChI is InChI=1S/C16H24N6/c1-3-5-6-13-14(8-7-12(18)9-10-17)19-11-22-16(13)20-15(4-2)21-22/h9-11,17H,3-8,18H2,1-2H3/b12-9-,17-10?. The van der Waals surface area contributed by atoms with Crippen LogP contribution < -0.4 is 5.73 Å². The minimum atomic E-state index is 0.701. The molecule has 0 aromatic carbocycles. The van der Waals surface area contributed by atoms with Gasteiger partial charge in [-0.3, -0.25) is 0 Å². The van der Waals surface area contributed by atoms with Crippen molar-refractivity contribution >= 4 is 11.9 Å². The molecular weight excluding hydrogens is 276 g/mol. The average molecular weight is 300 g/mol. The van der Waals surface area contributed by atoms with Crippen LogP contribution in [0.25, 0.3) is 5.65 Å². The van der Waals surface area contributed by atoms with Gasteiger partial charge in [0.15, 0.2) is 11.5 Å². The largest absolute Gasteiger partial charge is 0.402 e. The zero-order chi connectivity index (χ0) is 15.9. The van der Waals surface area contributed by atoms with Crippen LogP contribution in [0.3, 0.4) is 0 Å². The lowest BCUT2D eigenvalue weighted by molar-refractivity contribution is 0.757. The first-order chi connectivity index (χ1) is 10.7. The Hall–Kier alpha value is -2.24. The Morgan fingerprint density at radius 1 is 1.36 bits per heavy atom. The zero-order valence-electron chi connectivity index (χ0n) is 13.3. The molecule has 2 aromatic rings. The minimum Gasteiger partial charge on any atom is -0.402 e. The molecule has 0 spiro atoms. The molecule has 2 rings (SSSR count). The maximum Gasteiger partial charge on any atom is 0.162 e. The van der Waals surface area contributed by atoms with E-state index >= 15 is 0 Å². The molecule has 0 atom stereocenters. The van der Waals surface area contributed by atoms with E-state index in [2.05, 4.69) is 28.9 Å². The number of unbranched alkanes of at least 4 members (excludes halogenated alkanes) is 1. The van der Waals surface area contributed by atoms with Crippen LogP contribution in [0, 0.1) is 5.41 Å². The Labute approximate surface area is 131 Å². The molecule has 0 aliphatic heterocycles. The molecule has 6 heteroatoms. The van der Waals surface area contributed by atoms with E-state index in [0.717, 1.165) is 49.3 Å². The molecule has 3 N–H and O–H groups in total. The van der Waals surface area contributed by atoms with Crippen molar-refractivity contribution in [2.45, 2.75) is 52.4 Å². The second kappa shape index (κ2) is 7.68. The van der Waals surface area contributed by atoms with E-state index in [0.29, 0.717) is 12.1 Å². The molecule has 0 bridgehead atoms. The van der Waals surface area contributed by atoms with Crippen LogP contribution in [0.4, 0.5) is 0 Å². The van der Waals surface area contributed by atoms with Gasteiger partial charge in [-0.05, 0) is 31.8 Å². The SMILES string of the molecule is CCCCc1c(CC/C(N)=C/C=N)ncn2nc(CC)nc12. The third kappa shape index (κ3) is 3.69. The van der Waals surface area contributed by atoms with Crippen LogP contribution >= 0.6 is 0 Å². The van der Waals surface area contributed by atoms with Crippen molar-refractivity contribution in [2.75, 3.05) is 0 Å². The maximum atomic E-state index is 7.06. The van der Waals surface area contributed by atoms with Gasteiger partial charge in [0.2, 0.25) is 0 Å². The van der Waals surface area contributed by atoms with Crippen LogP contribution in [0.1, 0.15) is 50.2 Å². The monoisotopic (exact) mass is 300 g/mol. The van der Waals surface area contributed by atoms with Crippen molar-refractivity contribution in [1.29, 1.82) is 5.41 Å². The van der Waals surface area contributed by atoms with Gasteiger partial charge in [-0.25, -0.2) is 14.5 Å². The number of allylic oxidation sites excluding steroid dienone is 2. The predicted octanol–water partition coefficient (Wildman–Crippen LogP) is 2.45. The fourth-order valence-corrected chi connectivity index (χ4v) is 2.41. The summed E-state index contributed by atoms with van der Waals surface area (Å²) in [6, 6.07) is 0. The maximum absolute atomic E-state index is 7.06. The first kappa shape index (κ1) is 16.1. The average Bonchev–Trinajstić information content (AvgIpc) is 2.94. The molecule has 0 saturated carbocycles. The molecule has 2 heterocycles. The van der Waals surface area contributed by atoms with Gasteiger partial charge in [-0.15, -0.1) is 5.10 Å². The minimum absolute atomic E-state index is 0.701. The third-order valence-electron chi connectivity index (χ3n) is 3.66. The van der Waals surface area contributed by atoms with Gasteiger partial charge < -0.3 is 11.1 Å². The number of nitrogens with one attached hydrogen (secondary N) is 1. The Morgan fingerprint density at radius 2 is 2.18 bits per heavy atom. The quantitative estimate of drug-likeness (QED) is 0.732. The second-order valence-electron chi connectivity index (χ2n) is 5.33. The summed E-state index contributed by atoms with van der Waals surface area (Å²) in [6.45, 7) is 4.23. The van der Waals surface area contributed by atoms with Crippen molar-refractivity contribution in [3.05, 3.63) is 35.2 Å². The fourth-order valence-electron chi connectivity index (χ4n) is 2.41. The van der Waals surface area contributed by atoms with Gasteiger partial charge in [0, 0.05) is 29.6 Å². The van der Waals surface area contributed by atoms with E-state index in [9.17, 15) is 0 Å². The molecule has 0 radical (unpaired) electrons. The fraction of sp³-hybridized carbons (Fsp3) is 0.500. The summed E-state index contributed by atoms with van der Waals surface area (Å²) in [5.74, 6) is 0.847. The first-order valence-corrected chi connectivity index (χ1v) is 7.86. The molecule has 0 unspecified atom stereocenters. The summed E-state index contributed by atoms with van der Waals surface area (Å²) in [6.07, 6.45) is 10.1. The number of rotatable bonds is 8. The zero-order valence-corrected chi connectivity index (χ0v) is 13.3. The predicted molar refractivity (Wildman–Crippen MR) is 88.1 cm³/mol. The highest BCUT2D eigenvalue weighted by molar-refractivity contribution is 5.68. The summed E-state index contributed by atoms with van der Waals surface area (Å²) in [7, 11) is 0. The molecule has 0 saturated heterocycles. The number of hydrogen-bond donors (Lipinski definition) is 2. The molecule has 0 amide bonds. The highest BCUT2D eigenvalue weighted by Gasteiger charge is 2.13.